The van der Waals surface area contributed by atoms with Gasteiger partial charge in [-0.1, -0.05) is 49.6 Å². The van der Waals surface area contributed by atoms with E-state index in [9.17, 15) is 4.79 Å². The topological polar surface area (TPSA) is 53.6 Å². The summed E-state index contributed by atoms with van der Waals surface area (Å²) in [5, 5.41) is 5.85. The van der Waals surface area contributed by atoms with E-state index >= 15 is 0 Å². The molecule has 1 aromatic carbocycles. The first-order chi connectivity index (χ1) is 11.6. The van der Waals surface area contributed by atoms with Gasteiger partial charge in [0.05, 0.1) is 0 Å². The fourth-order valence-corrected chi connectivity index (χ4v) is 3.11. The Morgan fingerprint density at radius 3 is 2.58 bits per heavy atom. The molecule has 0 radical (unpaired) electrons. The largest absolute Gasteiger partial charge is 0.343 e. The lowest BCUT2D eigenvalue weighted by Gasteiger charge is -2.26. The minimum Gasteiger partial charge on any atom is -0.343 e. The quantitative estimate of drug-likeness (QED) is 0.719. The monoisotopic (exact) mass is 333 g/mol. The van der Waals surface area contributed by atoms with Gasteiger partial charge in [-0.2, -0.15) is 0 Å². The fourth-order valence-electron chi connectivity index (χ4n) is 3.11. The summed E-state index contributed by atoms with van der Waals surface area (Å²) in [5.41, 5.74) is 1.30. The number of benzene rings is 1. The molecule has 1 aliphatic rings. The Balaban J connectivity index is 1.66. The van der Waals surface area contributed by atoms with Gasteiger partial charge in [0.25, 0.3) is 0 Å². The van der Waals surface area contributed by atoms with Gasteiger partial charge in [-0.25, -0.2) is 4.79 Å². The molecule has 2 amide bonds. The average molecular weight is 333 g/mol. The number of rotatable bonds is 8. The summed E-state index contributed by atoms with van der Waals surface area (Å²) in [7, 11) is 4.00. The van der Waals surface area contributed by atoms with Crippen LogP contribution in [0.5, 0.6) is 0 Å². The van der Waals surface area contributed by atoms with Crippen LogP contribution < -0.4 is 10.6 Å². The maximum absolute atomic E-state index is 11.9. The normalized spacial score (nSPS) is 16.8. The number of urea groups is 1. The first-order valence-corrected chi connectivity index (χ1v) is 9.01. The summed E-state index contributed by atoms with van der Waals surface area (Å²) < 4.78 is 5.84. The second-order valence-electron chi connectivity index (χ2n) is 6.74. The van der Waals surface area contributed by atoms with Crippen molar-refractivity contribution in [1.29, 1.82) is 0 Å². The van der Waals surface area contributed by atoms with Crippen LogP contribution in [0.4, 0.5) is 4.79 Å². The molecule has 5 nitrogen and oxygen atoms in total. The minimum absolute atomic E-state index is 0.0137. The zero-order valence-corrected chi connectivity index (χ0v) is 15.0. The summed E-state index contributed by atoms with van der Waals surface area (Å²) >= 11 is 0. The van der Waals surface area contributed by atoms with Crippen molar-refractivity contribution in [1.82, 2.24) is 15.5 Å². The number of carbonyl (C=O) groups is 1. The lowest BCUT2D eigenvalue weighted by Crippen LogP contribution is -2.45. The molecule has 0 bridgehead atoms. The van der Waals surface area contributed by atoms with Crippen molar-refractivity contribution in [2.75, 3.05) is 20.8 Å². The molecule has 0 aliphatic heterocycles. The van der Waals surface area contributed by atoms with Crippen molar-refractivity contribution in [2.24, 2.45) is 0 Å². The van der Waals surface area contributed by atoms with Crippen LogP contribution in [0.2, 0.25) is 0 Å². The summed E-state index contributed by atoms with van der Waals surface area (Å²) in [6, 6.07) is 10.6. The summed E-state index contributed by atoms with van der Waals surface area (Å²) in [6.07, 6.45) is 7.72. The van der Waals surface area contributed by atoms with Gasteiger partial charge in [0.1, 0.15) is 13.0 Å². The Labute approximate surface area is 145 Å². The molecule has 1 aliphatic carbocycles. The first kappa shape index (κ1) is 18.7. The molecule has 1 aromatic rings. The van der Waals surface area contributed by atoms with E-state index in [-0.39, 0.29) is 19.0 Å². The summed E-state index contributed by atoms with van der Waals surface area (Å²) in [4.78, 5) is 14.0. The highest BCUT2D eigenvalue weighted by atomic mass is 16.5. The van der Waals surface area contributed by atoms with E-state index in [4.69, 9.17) is 4.74 Å². The number of aryl methyl sites for hydroxylation is 1. The molecule has 0 heterocycles. The van der Waals surface area contributed by atoms with Crippen LogP contribution in [0, 0.1) is 0 Å². The molecular weight excluding hydrogens is 302 g/mol. The van der Waals surface area contributed by atoms with E-state index in [1.165, 1.54) is 24.8 Å². The smallest absolute Gasteiger partial charge is 0.316 e. The zero-order chi connectivity index (χ0) is 17.2. The molecule has 1 unspecified atom stereocenters. The van der Waals surface area contributed by atoms with Gasteiger partial charge in [-0.3, -0.25) is 4.90 Å². The number of nitrogens with one attached hydrogen (secondary N) is 2. The Morgan fingerprint density at radius 1 is 1.21 bits per heavy atom. The zero-order valence-electron chi connectivity index (χ0n) is 15.0. The van der Waals surface area contributed by atoms with Crippen molar-refractivity contribution in [2.45, 2.75) is 57.2 Å². The van der Waals surface area contributed by atoms with Crippen LogP contribution in [-0.2, 0) is 11.2 Å². The van der Waals surface area contributed by atoms with E-state index in [0.29, 0.717) is 6.04 Å². The highest BCUT2D eigenvalue weighted by molar-refractivity contribution is 5.74. The standard InChI is InChI=1S/C19H31N3O2/c1-22(2)18(14-13-16-9-5-3-6-10-16)24-15-20-19(23)21-17-11-7-4-8-12-17/h3,5-6,9-10,17-18H,4,7-8,11-15H2,1-2H3,(H2,20,21,23). The maximum atomic E-state index is 11.9. The second-order valence-corrected chi connectivity index (χ2v) is 6.74. The molecule has 1 atom stereocenters. The van der Waals surface area contributed by atoms with Crippen LogP contribution in [0.15, 0.2) is 30.3 Å². The van der Waals surface area contributed by atoms with Crippen molar-refractivity contribution in [3.63, 3.8) is 0 Å². The second kappa shape index (κ2) is 10.3. The minimum atomic E-state index is -0.123. The van der Waals surface area contributed by atoms with Gasteiger partial charge >= 0.3 is 6.03 Å². The Kier molecular flexibility index (Phi) is 8.05. The molecule has 0 aromatic heterocycles. The molecule has 2 N–H and O–H groups in total. The van der Waals surface area contributed by atoms with Gasteiger partial charge in [0.15, 0.2) is 0 Å². The molecule has 134 valence electrons. The molecule has 24 heavy (non-hydrogen) atoms. The predicted octanol–water partition coefficient (Wildman–Crippen LogP) is 3.11. The van der Waals surface area contributed by atoms with Gasteiger partial charge in [0, 0.05) is 6.04 Å². The third-order valence-electron chi connectivity index (χ3n) is 4.55. The van der Waals surface area contributed by atoms with E-state index in [1.54, 1.807) is 0 Å². The van der Waals surface area contributed by atoms with Gasteiger partial charge in [0.2, 0.25) is 0 Å². The fraction of sp³-hybridized carbons (Fsp3) is 0.632. The maximum Gasteiger partial charge on any atom is 0.316 e. The van der Waals surface area contributed by atoms with Crippen LogP contribution in [0.1, 0.15) is 44.1 Å². The van der Waals surface area contributed by atoms with Gasteiger partial charge < -0.3 is 15.4 Å². The van der Waals surface area contributed by atoms with E-state index in [1.807, 2.05) is 25.1 Å². The van der Waals surface area contributed by atoms with Crippen LogP contribution >= 0.6 is 0 Å². The lowest BCUT2D eigenvalue weighted by molar-refractivity contribution is -0.0449. The number of nitrogens with zero attached hydrogens (tertiary/aromatic N) is 1. The lowest BCUT2D eigenvalue weighted by atomic mass is 9.96. The molecule has 1 fully saturated rings. The summed E-state index contributed by atoms with van der Waals surface area (Å²) in [6.45, 7) is 0.232. The number of hydrogen-bond donors (Lipinski definition) is 2. The van der Waals surface area contributed by atoms with Crippen molar-refractivity contribution in [3.8, 4) is 0 Å². The molecule has 1 saturated carbocycles. The Morgan fingerprint density at radius 2 is 1.92 bits per heavy atom. The number of hydrogen-bond acceptors (Lipinski definition) is 3. The van der Waals surface area contributed by atoms with Crippen molar-refractivity contribution in [3.05, 3.63) is 35.9 Å². The van der Waals surface area contributed by atoms with Crippen LogP contribution in [0.3, 0.4) is 0 Å². The summed E-state index contributed by atoms with van der Waals surface area (Å²) in [5.74, 6) is 0. The Hall–Kier alpha value is -1.59. The van der Waals surface area contributed by atoms with Gasteiger partial charge in [-0.15, -0.1) is 0 Å². The highest BCUT2D eigenvalue weighted by Gasteiger charge is 2.16. The van der Waals surface area contributed by atoms with Crippen molar-refractivity contribution >= 4 is 6.03 Å². The van der Waals surface area contributed by atoms with Crippen molar-refractivity contribution < 1.29 is 9.53 Å². The van der Waals surface area contributed by atoms with E-state index in [2.05, 4.69) is 34.9 Å². The molecule has 5 heteroatoms. The Bertz CT molecular complexity index is 473. The third-order valence-corrected chi connectivity index (χ3v) is 4.55. The van der Waals surface area contributed by atoms with Crippen LogP contribution in [0.25, 0.3) is 0 Å². The van der Waals surface area contributed by atoms with E-state index < -0.39 is 0 Å². The predicted molar refractivity (Wildman–Crippen MR) is 96.7 cm³/mol. The van der Waals surface area contributed by atoms with Gasteiger partial charge in [-0.05, 0) is 45.3 Å². The first-order valence-electron chi connectivity index (χ1n) is 9.01. The molecule has 0 saturated heterocycles. The number of amides is 2. The molecule has 2 rings (SSSR count). The highest BCUT2D eigenvalue weighted by Crippen LogP contribution is 2.17. The average Bonchev–Trinajstić information content (AvgIpc) is 2.59. The number of carbonyl (C=O) groups excluding carboxylic acids is 1. The van der Waals surface area contributed by atoms with Crippen LogP contribution in [-0.4, -0.2) is 44.0 Å². The third kappa shape index (κ3) is 6.89. The molecular formula is C19H31N3O2. The SMILES string of the molecule is CN(C)C(CCc1ccccc1)OCNC(=O)NC1CCCCC1. The molecule has 0 spiro atoms. The van der Waals surface area contributed by atoms with E-state index in [0.717, 1.165) is 25.7 Å². The number of ether oxygens (including phenoxy) is 1.